The number of hydrogen-bond acceptors (Lipinski definition) is 3. The number of nitrogens with zero attached hydrogens (tertiary/aromatic N) is 2. The van der Waals surface area contributed by atoms with Crippen molar-refractivity contribution in [3.63, 3.8) is 0 Å². The van der Waals surface area contributed by atoms with Gasteiger partial charge in [0.05, 0.1) is 11.2 Å². The molecule has 1 aromatic carbocycles. The minimum atomic E-state index is 0.132. The van der Waals surface area contributed by atoms with Gasteiger partial charge in [-0.2, -0.15) is 0 Å². The molecule has 1 aromatic heterocycles. The van der Waals surface area contributed by atoms with Crippen molar-refractivity contribution >= 4 is 38.4 Å². The van der Waals surface area contributed by atoms with Crippen LogP contribution in [-0.4, -0.2) is 24.0 Å². The van der Waals surface area contributed by atoms with Crippen LogP contribution in [-0.2, 0) is 4.79 Å². The first-order chi connectivity index (χ1) is 9.19. The Morgan fingerprint density at radius 2 is 2.32 bits per heavy atom. The lowest BCUT2D eigenvalue weighted by molar-refractivity contribution is -0.117. The molecule has 19 heavy (non-hydrogen) atoms. The van der Waals surface area contributed by atoms with Crippen LogP contribution in [0.2, 0.25) is 0 Å². The van der Waals surface area contributed by atoms with Crippen LogP contribution in [0.25, 0.3) is 10.9 Å². The van der Waals surface area contributed by atoms with Gasteiger partial charge in [-0.1, -0.05) is 12.1 Å². The largest absolute Gasteiger partial charge is 0.330 e. The summed E-state index contributed by atoms with van der Waals surface area (Å²) in [5.74, 6) is 0.380. The zero-order chi connectivity index (χ0) is 13.4. The highest BCUT2D eigenvalue weighted by Gasteiger charge is 2.30. The van der Waals surface area contributed by atoms with Gasteiger partial charge in [-0.15, -0.1) is 0 Å². The van der Waals surface area contributed by atoms with E-state index in [1.807, 2.05) is 24.3 Å². The van der Waals surface area contributed by atoms with Gasteiger partial charge in [0.2, 0.25) is 5.91 Å². The van der Waals surface area contributed by atoms with Gasteiger partial charge in [0.25, 0.3) is 0 Å². The third-order valence-electron chi connectivity index (χ3n) is 3.49. The lowest BCUT2D eigenvalue weighted by atomic mass is 10.1. The number of para-hydroxylation sites is 1. The molecule has 0 saturated carbocycles. The quantitative estimate of drug-likeness (QED) is 0.924. The van der Waals surface area contributed by atoms with E-state index in [-0.39, 0.29) is 11.8 Å². The number of carbonyl (C=O) groups excluding carboxylic acids is 1. The van der Waals surface area contributed by atoms with Crippen molar-refractivity contribution in [3.8, 4) is 0 Å². The highest BCUT2D eigenvalue weighted by Crippen LogP contribution is 2.31. The molecule has 1 fully saturated rings. The molecule has 4 nitrogen and oxygen atoms in total. The summed E-state index contributed by atoms with van der Waals surface area (Å²) < 4.78 is 0.935. The van der Waals surface area contributed by atoms with Crippen molar-refractivity contribution in [2.24, 2.45) is 11.7 Å². The second-order valence-electron chi connectivity index (χ2n) is 4.81. The van der Waals surface area contributed by atoms with Crippen LogP contribution in [0.4, 0.5) is 5.69 Å². The SMILES string of the molecule is NCC1CC(=O)N(c2cccc3cc(Br)cnc23)C1. The Kier molecular flexibility index (Phi) is 3.24. The highest BCUT2D eigenvalue weighted by atomic mass is 79.9. The first kappa shape index (κ1) is 12.6. The number of carbonyl (C=O) groups is 1. The molecule has 0 radical (unpaired) electrons. The van der Waals surface area contributed by atoms with E-state index in [1.54, 1.807) is 11.1 Å². The maximum absolute atomic E-state index is 12.1. The Bertz CT molecular complexity index is 644. The molecule has 0 bridgehead atoms. The van der Waals surface area contributed by atoms with Crippen LogP contribution in [0.15, 0.2) is 34.9 Å². The highest BCUT2D eigenvalue weighted by molar-refractivity contribution is 9.10. The van der Waals surface area contributed by atoms with Gasteiger partial charge in [-0.05, 0) is 40.5 Å². The maximum atomic E-state index is 12.1. The summed E-state index contributed by atoms with van der Waals surface area (Å²) in [4.78, 5) is 18.3. The molecule has 5 heteroatoms. The average molecular weight is 320 g/mol. The lowest BCUT2D eigenvalue weighted by Gasteiger charge is -2.18. The summed E-state index contributed by atoms with van der Waals surface area (Å²) in [7, 11) is 0. The van der Waals surface area contributed by atoms with E-state index in [0.717, 1.165) is 21.1 Å². The molecule has 2 heterocycles. The van der Waals surface area contributed by atoms with Crippen LogP contribution in [0.1, 0.15) is 6.42 Å². The molecule has 3 rings (SSSR count). The molecule has 1 aliphatic heterocycles. The second-order valence-corrected chi connectivity index (χ2v) is 5.73. The Hall–Kier alpha value is -1.46. The Balaban J connectivity index is 2.08. The standard InChI is InChI=1S/C14H14BrN3O/c15-11-5-10-2-1-3-12(14(10)17-7-11)18-8-9(6-16)4-13(18)19/h1-3,5,7,9H,4,6,8,16H2. The van der Waals surface area contributed by atoms with Crippen molar-refractivity contribution in [1.29, 1.82) is 0 Å². The minimum absolute atomic E-state index is 0.132. The van der Waals surface area contributed by atoms with E-state index < -0.39 is 0 Å². The summed E-state index contributed by atoms with van der Waals surface area (Å²) in [6.45, 7) is 1.23. The summed E-state index contributed by atoms with van der Waals surface area (Å²) >= 11 is 3.41. The van der Waals surface area contributed by atoms with Gasteiger partial charge in [0.15, 0.2) is 0 Å². The number of halogens is 1. The molecule has 1 saturated heterocycles. The van der Waals surface area contributed by atoms with Crippen molar-refractivity contribution in [1.82, 2.24) is 4.98 Å². The number of hydrogen-bond donors (Lipinski definition) is 1. The van der Waals surface area contributed by atoms with Gasteiger partial charge in [0, 0.05) is 29.0 Å². The number of amides is 1. The lowest BCUT2D eigenvalue weighted by Crippen LogP contribution is -2.26. The Morgan fingerprint density at radius 3 is 3.05 bits per heavy atom. The van der Waals surface area contributed by atoms with Crippen LogP contribution >= 0.6 is 15.9 Å². The fraction of sp³-hybridized carbons (Fsp3) is 0.286. The predicted molar refractivity (Wildman–Crippen MR) is 79.0 cm³/mol. The molecule has 0 aliphatic carbocycles. The van der Waals surface area contributed by atoms with E-state index in [2.05, 4.69) is 20.9 Å². The number of aromatic nitrogens is 1. The van der Waals surface area contributed by atoms with Gasteiger partial charge in [-0.25, -0.2) is 0 Å². The van der Waals surface area contributed by atoms with Crippen molar-refractivity contribution in [2.45, 2.75) is 6.42 Å². The topological polar surface area (TPSA) is 59.2 Å². The van der Waals surface area contributed by atoms with Crippen molar-refractivity contribution < 1.29 is 4.79 Å². The third-order valence-corrected chi connectivity index (χ3v) is 3.92. The monoisotopic (exact) mass is 319 g/mol. The van der Waals surface area contributed by atoms with Crippen LogP contribution in [0.3, 0.4) is 0 Å². The molecular weight excluding hydrogens is 306 g/mol. The zero-order valence-corrected chi connectivity index (χ0v) is 11.9. The first-order valence-electron chi connectivity index (χ1n) is 6.23. The summed E-state index contributed by atoms with van der Waals surface area (Å²) in [5, 5.41) is 1.02. The number of rotatable bonds is 2. The fourth-order valence-electron chi connectivity index (χ4n) is 2.51. The van der Waals surface area contributed by atoms with E-state index in [0.29, 0.717) is 19.5 Å². The van der Waals surface area contributed by atoms with Crippen LogP contribution in [0, 0.1) is 5.92 Å². The van der Waals surface area contributed by atoms with Gasteiger partial charge in [0.1, 0.15) is 0 Å². The Labute approximate surface area is 119 Å². The summed E-state index contributed by atoms with van der Waals surface area (Å²) in [5.41, 5.74) is 7.41. The van der Waals surface area contributed by atoms with Gasteiger partial charge < -0.3 is 10.6 Å². The number of pyridine rings is 1. The number of anilines is 1. The number of benzene rings is 1. The smallest absolute Gasteiger partial charge is 0.227 e. The van der Waals surface area contributed by atoms with Gasteiger partial charge >= 0.3 is 0 Å². The van der Waals surface area contributed by atoms with Crippen molar-refractivity contribution in [3.05, 3.63) is 34.9 Å². The second kappa shape index (κ2) is 4.90. The summed E-state index contributed by atoms with van der Waals surface area (Å²) in [6.07, 6.45) is 2.29. The van der Waals surface area contributed by atoms with Crippen LogP contribution < -0.4 is 10.6 Å². The average Bonchev–Trinajstić information content (AvgIpc) is 2.79. The Morgan fingerprint density at radius 1 is 1.47 bits per heavy atom. The van der Waals surface area contributed by atoms with Crippen LogP contribution in [0.5, 0.6) is 0 Å². The molecule has 1 unspecified atom stereocenters. The molecule has 1 amide bonds. The first-order valence-corrected chi connectivity index (χ1v) is 7.03. The van der Waals surface area contributed by atoms with Crippen molar-refractivity contribution in [2.75, 3.05) is 18.0 Å². The molecule has 1 atom stereocenters. The van der Waals surface area contributed by atoms with E-state index in [1.165, 1.54) is 0 Å². The molecule has 98 valence electrons. The van der Waals surface area contributed by atoms with E-state index >= 15 is 0 Å². The number of nitrogens with two attached hydrogens (primary N) is 1. The molecular formula is C14H14BrN3O. The zero-order valence-electron chi connectivity index (χ0n) is 10.3. The predicted octanol–water partition coefficient (Wildman–Crippen LogP) is 2.31. The normalized spacial score (nSPS) is 19.4. The third kappa shape index (κ3) is 2.24. The summed E-state index contributed by atoms with van der Waals surface area (Å²) in [6, 6.07) is 7.90. The minimum Gasteiger partial charge on any atom is -0.330 e. The molecule has 0 spiro atoms. The van der Waals surface area contributed by atoms with Gasteiger partial charge in [-0.3, -0.25) is 9.78 Å². The molecule has 2 N–H and O–H groups in total. The molecule has 1 aliphatic rings. The van der Waals surface area contributed by atoms with E-state index in [9.17, 15) is 4.79 Å². The maximum Gasteiger partial charge on any atom is 0.227 e. The fourth-order valence-corrected chi connectivity index (χ4v) is 2.86. The molecule has 2 aromatic rings. The number of fused-ring (bicyclic) bond motifs is 1. The van der Waals surface area contributed by atoms with E-state index in [4.69, 9.17) is 5.73 Å².